The van der Waals surface area contributed by atoms with Crippen LogP contribution in [0.25, 0.3) is 0 Å². The third kappa shape index (κ3) is 11.8. The predicted octanol–water partition coefficient (Wildman–Crippen LogP) is 4.75. The lowest BCUT2D eigenvalue weighted by atomic mass is 9.85. The molecule has 0 spiro atoms. The molecule has 2 N–H and O–H groups in total. The van der Waals surface area contributed by atoms with Crippen LogP contribution in [0.3, 0.4) is 0 Å². The number of ether oxygens (including phenoxy) is 2. The van der Waals surface area contributed by atoms with Gasteiger partial charge in [0.1, 0.15) is 11.6 Å². The first-order valence-electron chi connectivity index (χ1n) is 11.3. The normalized spacial score (nSPS) is 14.6. The van der Waals surface area contributed by atoms with Crippen LogP contribution >= 0.6 is 0 Å². The molecule has 2 amide bonds. The van der Waals surface area contributed by atoms with Crippen LogP contribution < -0.4 is 10.6 Å². The molecule has 0 aromatic heterocycles. The van der Waals surface area contributed by atoms with Crippen LogP contribution in [-0.2, 0) is 19.1 Å². The maximum Gasteiger partial charge on any atom is 0.408 e. The maximum absolute atomic E-state index is 13.2. The Hall–Kier alpha value is -2.05. The van der Waals surface area contributed by atoms with Gasteiger partial charge in [0, 0.05) is 5.57 Å². The van der Waals surface area contributed by atoms with E-state index in [4.69, 9.17) is 9.47 Å². The summed E-state index contributed by atoms with van der Waals surface area (Å²) in [5.74, 6) is -0.640. The van der Waals surface area contributed by atoms with E-state index < -0.39 is 23.2 Å². The number of alkyl carbamates (subject to hydrolysis) is 1. The Kier molecular flexibility index (Phi) is 11.9. The molecule has 0 saturated heterocycles. The molecule has 7 nitrogen and oxygen atoms in total. The third-order valence-corrected chi connectivity index (χ3v) is 4.53. The fourth-order valence-electron chi connectivity index (χ4n) is 2.81. The highest BCUT2D eigenvalue weighted by molar-refractivity contribution is 5.89. The molecule has 31 heavy (non-hydrogen) atoms. The van der Waals surface area contributed by atoms with Gasteiger partial charge in [-0.3, -0.25) is 4.79 Å². The molecular formula is C24H44N2O5. The van der Waals surface area contributed by atoms with Crippen molar-refractivity contribution in [3.05, 3.63) is 11.6 Å². The first-order valence-corrected chi connectivity index (χ1v) is 11.3. The molecule has 7 heteroatoms. The van der Waals surface area contributed by atoms with Gasteiger partial charge in [-0.15, -0.1) is 0 Å². The Bertz CT molecular complexity index is 627. The van der Waals surface area contributed by atoms with Crippen LogP contribution in [0.2, 0.25) is 0 Å². The number of carbonyl (C=O) groups excluding carboxylic acids is 3. The standard InChI is InChI=1S/C24H44N2O5/c1-11-13-14-17(21(28)30-12-2)15-18(16(3)4)25-20(27)19(23(5,6)7)26-22(29)31-24(8,9)10/h15-16,18-19H,11-14H2,1-10H3,(H,25,27)(H,26,29)/t18-,19-/m1/s1. The minimum Gasteiger partial charge on any atom is -0.463 e. The van der Waals surface area contributed by atoms with Crippen LogP contribution in [0.5, 0.6) is 0 Å². The average molecular weight is 441 g/mol. The van der Waals surface area contributed by atoms with Gasteiger partial charge in [-0.25, -0.2) is 9.59 Å². The van der Waals surface area contributed by atoms with E-state index in [1.165, 1.54) is 0 Å². The van der Waals surface area contributed by atoms with Crippen LogP contribution in [-0.4, -0.2) is 42.3 Å². The molecule has 180 valence electrons. The van der Waals surface area contributed by atoms with Gasteiger partial charge < -0.3 is 20.1 Å². The summed E-state index contributed by atoms with van der Waals surface area (Å²) < 4.78 is 10.5. The molecule has 0 heterocycles. The van der Waals surface area contributed by atoms with Gasteiger partial charge in [-0.1, -0.05) is 54.0 Å². The zero-order valence-electron chi connectivity index (χ0n) is 21.2. The highest BCUT2D eigenvalue weighted by atomic mass is 16.6. The summed E-state index contributed by atoms with van der Waals surface area (Å²) in [5.41, 5.74) is -0.645. The first-order chi connectivity index (χ1) is 14.1. The van der Waals surface area contributed by atoms with E-state index in [0.29, 0.717) is 18.6 Å². The lowest BCUT2D eigenvalue weighted by molar-refractivity contribution is -0.138. The second kappa shape index (κ2) is 12.7. The van der Waals surface area contributed by atoms with E-state index >= 15 is 0 Å². The average Bonchev–Trinajstić information content (AvgIpc) is 2.59. The van der Waals surface area contributed by atoms with Crippen molar-refractivity contribution in [3.63, 3.8) is 0 Å². The van der Waals surface area contributed by atoms with Crippen LogP contribution in [0.15, 0.2) is 11.6 Å². The Morgan fingerprint density at radius 1 is 0.968 bits per heavy atom. The molecule has 0 rings (SSSR count). The van der Waals surface area contributed by atoms with Crippen molar-refractivity contribution in [2.45, 2.75) is 106 Å². The zero-order valence-corrected chi connectivity index (χ0v) is 21.2. The summed E-state index contributed by atoms with van der Waals surface area (Å²) in [4.78, 5) is 37.9. The van der Waals surface area contributed by atoms with Crippen molar-refractivity contribution in [1.29, 1.82) is 0 Å². The van der Waals surface area contributed by atoms with Crippen LogP contribution in [0.1, 0.15) is 88.5 Å². The molecule has 0 unspecified atom stereocenters. The summed E-state index contributed by atoms with van der Waals surface area (Å²) in [6.45, 7) is 19.0. The van der Waals surface area contributed by atoms with Gasteiger partial charge in [0.15, 0.2) is 0 Å². The number of rotatable bonds is 10. The van der Waals surface area contributed by atoms with E-state index in [1.807, 2.05) is 34.6 Å². The number of hydrogen-bond donors (Lipinski definition) is 2. The number of unbranched alkanes of at least 4 members (excludes halogenated alkanes) is 1. The summed E-state index contributed by atoms with van der Waals surface area (Å²) in [7, 11) is 0. The summed E-state index contributed by atoms with van der Waals surface area (Å²) in [5, 5.41) is 5.70. The van der Waals surface area contributed by atoms with Crippen molar-refractivity contribution in [3.8, 4) is 0 Å². The van der Waals surface area contributed by atoms with E-state index in [9.17, 15) is 14.4 Å². The van der Waals surface area contributed by atoms with Crippen molar-refractivity contribution in [2.75, 3.05) is 6.61 Å². The zero-order chi connectivity index (χ0) is 24.4. The number of carbonyl (C=O) groups is 3. The van der Waals surface area contributed by atoms with Crippen molar-refractivity contribution >= 4 is 18.0 Å². The second-order valence-corrected chi connectivity index (χ2v) is 10.2. The highest BCUT2D eigenvalue weighted by Gasteiger charge is 2.35. The van der Waals surface area contributed by atoms with Gasteiger partial charge >= 0.3 is 12.1 Å². The SMILES string of the molecule is CCCCC(=C[C@@H](NC(=O)[C@@H](NC(=O)OC(C)(C)C)C(C)(C)C)C(C)C)C(=O)OCC. The fraction of sp³-hybridized carbons (Fsp3) is 0.792. The third-order valence-electron chi connectivity index (χ3n) is 4.53. The molecule has 0 fully saturated rings. The Balaban J connectivity index is 5.68. The fourth-order valence-corrected chi connectivity index (χ4v) is 2.81. The van der Waals surface area contributed by atoms with E-state index in [2.05, 4.69) is 17.6 Å². The summed E-state index contributed by atoms with van der Waals surface area (Å²) in [6, 6.07) is -1.19. The summed E-state index contributed by atoms with van der Waals surface area (Å²) in [6.07, 6.45) is 3.54. The number of nitrogens with one attached hydrogen (secondary N) is 2. The largest absolute Gasteiger partial charge is 0.463 e. The van der Waals surface area contributed by atoms with Gasteiger partial charge in [-0.2, -0.15) is 0 Å². The van der Waals surface area contributed by atoms with Crippen LogP contribution in [0.4, 0.5) is 4.79 Å². The van der Waals surface area contributed by atoms with Crippen molar-refractivity contribution in [2.24, 2.45) is 11.3 Å². The van der Waals surface area contributed by atoms with E-state index in [-0.39, 0.29) is 23.8 Å². The van der Waals surface area contributed by atoms with Gasteiger partial charge in [-0.05, 0) is 51.9 Å². The smallest absolute Gasteiger partial charge is 0.408 e. The molecule has 0 bridgehead atoms. The topological polar surface area (TPSA) is 93.7 Å². The lowest BCUT2D eigenvalue weighted by Crippen LogP contribution is -2.56. The van der Waals surface area contributed by atoms with E-state index in [0.717, 1.165) is 12.8 Å². The Morgan fingerprint density at radius 2 is 1.55 bits per heavy atom. The van der Waals surface area contributed by atoms with E-state index in [1.54, 1.807) is 33.8 Å². The molecule has 0 aromatic rings. The van der Waals surface area contributed by atoms with Gasteiger partial charge in [0.2, 0.25) is 5.91 Å². The lowest BCUT2D eigenvalue weighted by Gasteiger charge is -2.33. The minimum absolute atomic E-state index is 0.0390. The molecule has 0 aromatic carbocycles. The van der Waals surface area contributed by atoms with Gasteiger partial charge in [0.05, 0.1) is 12.6 Å². The Labute approximate surface area is 188 Å². The second-order valence-electron chi connectivity index (χ2n) is 10.2. The number of amides is 2. The molecule has 0 radical (unpaired) electrons. The number of esters is 1. The van der Waals surface area contributed by atoms with Crippen molar-refractivity contribution in [1.82, 2.24) is 10.6 Å². The van der Waals surface area contributed by atoms with Gasteiger partial charge in [0.25, 0.3) is 0 Å². The summed E-state index contributed by atoms with van der Waals surface area (Å²) >= 11 is 0. The highest BCUT2D eigenvalue weighted by Crippen LogP contribution is 2.21. The number of hydrogen-bond acceptors (Lipinski definition) is 5. The Morgan fingerprint density at radius 3 is 1.97 bits per heavy atom. The molecule has 0 saturated carbocycles. The predicted molar refractivity (Wildman–Crippen MR) is 124 cm³/mol. The van der Waals surface area contributed by atoms with Crippen molar-refractivity contribution < 1.29 is 23.9 Å². The molecule has 0 aliphatic heterocycles. The molecule has 2 atom stereocenters. The first kappa shape index (κ1) is 28.9. The minimum atomic E-state index is -0.807. The maximum atomic E-state index is 13.2. The monoisotopic (exact) mass is 440 g/mol. The molecular weight excluding hydrogens is 396 g/mol. The quantitative estimate of drug-likeness (QED) is 0.378. The molecule has 0 aliphatic rings. The van der Waals surface area contributed by atoms with Crippen LogP contribution in [0, 0.1) is 11.3 Å². The molecule has 0 aliphatic carbocycles.